The van der Waals surface area contributed by atoms with Crippen LogP contribution >= 0.6 is 11.3 Å². The number of nitrogens with zero attached hydrogens (tertiary/aromatic N) is 1. The van der Waals surface area contributed by atoms with Crippen molar-refractivity contribution >= 4 is 21.6 Å². The Morgan fingerprint density at radius 2 is 2.26 bits per heavy atom. The second-order valence-electron chi connectivity index (χ2n) is 5.41. The average Bonchev–Trinajstić information content (AvgIpc) is 3.01. The van der Waals surface area contributed by atoms with Gasteiger partial charge < -0.3 is 10.4 Å². The number of thiazole rings is 1. The smallest absolute Gasteiger partial charge is 0.111 e. The van der Waals surface area contributed by atoms with Crippen molar-refractivity contribution in [3.63, 3.8) is 0 Å². The maximum atomic E-state index is 9.83. The average molecular weight is 276 g/mol. The van der Waals surface area contributed by atoms with E-state index in [1.807, 2.05) is 6.07 Å². The summed E-state index contributed by atoms with van der Waals surface area (Å²) in [6, 6.07) is 8.51. The Morgan fingerprint density at radius 3 is 3.00 bits per heavy atom. The fourth-order valence-electron chi connectivity index (χ4n) is 2.75. The number of aliphatic hydroxyl groups is 1. The van der Waals surface area contributed by atoms with Crippen molar-refractivity contribution in [3.8, 4) is 0 Å². The standard InChI is InChI=1S/C15H20N2OS/c1-10(16-9-11-5-4-7-13(11)18)15-17-12-6-2-3-8-14(12)19-15/h2-3,6,8,10-11,13,16,18H,4-5,7,9H2,1H3. The maximum absolute atomic E-state index is 9.83. The number of hydrogen-bond donors (Lipinski definition) is 2. The zero-order valence-corrected chi connectivity index (χ0v) is 12.0. The molecule has 3 rings (SSSR count). The van der Waals surface area contributed by atoms with Gasteiger partial charge in [-0.3, -0.25) is 0 Å². The molecule has 3 nitrogen and oxygen atoms in total. The van der Waals surface area contributed by atoms with Crippen LogP contribution in [0.15, 0.2) is 24.3 Å². The molecule has 1 saturated carbocycles. The fourth-order valence-corrected chi connectivity index (χ4v) is 3.74. The highest BCUT2D eigenvalue weighted by atomic mass is 32.1. The highest BCUT2D eigenvalue weighted by molar-refractivity contribution is 7.18. The number of aliphatic hydroxyl groups excluding tert-OH is 1. The third-order valence-corrected chi connectivity index (χ3v) is 5.21. The lowest BCUT2D eigenvalue weighted by molar-refractivity contribution is 0.130. The first-order valence-electron chi connectivity index (χ1n) is 7.01. The molecule has 19 heavy (non-hydrogen) atoms. The van der Waals surface area contributed by atoms with Gasteiger partial charge in [-0.2, -0.15) is 0 Å². The number of nitrogens with one attached hydrogen (secondary N) is 1. The second-order valence-corrected chi connectivity index (χ2v) is 6.47. The lowest BCUT2D eigenvalue weighted by Crippen LogP contribution is -2.29. The number of fused-ring (bicyclic) bond motifs is 1. The molecule has 1 heterocycles. The predicted octanol–water partition coefficient (Wildman–Crippen LogP) is 3.11. The van der Waals surface area contributed by atoms with Crippen LogP contribution in [0.5, 0.6) is 0 Å². The Kier molecular flexibility index (Phi) is 3.82. The van der Waals surface area contributed by atoms with Gasteiger partial charge in [-0.15, -0.1) is 11.3 Å². The lowest BCUT2D eigenvalue weighted by Gasteiger charge is -2.18. The Balaban J connectivity index is 1.64. The normalized spacial score (nSPS) is 24.9. The van der Waals surface area contributed by atoms with E-state index in [0.717, 1.165) is 36.3 Å². The Labute approximate surface area is 117 Å². The van der Waals surface area contributed by atoms with Crippen LogP contribution in [0.4, 0.5) is 0 Å². The summed E-state index contributed by atoms with van der Waals surface area (Å²) in [7, 11) is 0. The molecule has 3 unspecified atom stereocenters. The van der Waals surface area contributed by atoms with Gasteiger partial charge in [0.15, 0.2) is 0 Å². The molecule has 1 aromatic carbocycles. The van der Waals surface area contributed by atoms with E-state index in [4.69, 9.17) is 0 Å². The first kappa shape index (κ1) is 13.0. The van der Waals surface area contributed by atoms with Crippen LogP contribution in [0.1, 0.15) is 37.2 Å². The van der Waals surface area contributed by atoms with Crippen molar-refractivity contribution in [2.45, 2.75) is 38.3 Å². The van der Waals surface area contributed by atoms with Gasteiger partial charge in [-0.25, -0.2) is 4.98 Å². The summed E-state index contributed by atoms with van der Waals surface area (Å²) < 4.78 is 1.24. The third kappa shape index (κ3) is 2.81. The number of hydrogen-bond acceptors (Lipinski definition) is 4. The largest absolute Gasteiger partial charge is 0.393 e. The summed E-state index contributed by atoms with van der Waals surface area (Å²) in [5.74, 6) is 0.414. The molecule has 1 aliphatic rings. The van der Waals surface area contributed by atoms with Gasteiger partial charge in [0.2, 0.25) is 0 Å². The quantitative estimate of drug-likeness (QED) is 0.902. The van der Waals surface area contributed by atoms with Gasteiger partial charge in [0, 0.05) is 6.54 Å². The van der Waals surface area contributed by atoms with Gasteiger partial charge >= 0.3 is 0 Å². The minimum Gasteiger partial charge on any atom is -0.393 e. The van der Waals surface area contributed by atoms with Crippen LogP contribution in [-0.2, 0) is 0 Å². The molecule has 0 amide bonds. The lowest BCUT2D eigenvalue weighted by atomic mass is 10.1. The molecule has 0 bridgehead atoms. The van der Waals surface area contributed by atoms with Gasteiger partial charge in [0.1, 0.15) is 5.01 Å². The van der Waals surface area contributed by atoms with E-state index in [0.29, 0.717) is 5.92 Å². The second kappa shape index (κ2) is 5.57. The number of para-hydroxylation sites is 1. The summed E-state index contributed by atoms with van der Waals surface area (Å²) in [5, 5.41) is 14.5. The topological polar surface area (TPSA) is 45.1 Å². The molecule has 1 aliphatic carbocycles. The van der Waals surface area contributed by atoms with Crippen LogP contribution in [0.2, 0.25) is 0 Å². The van der Waals surface area contributed by atoms with Crippen molar-refractivity contribution in [2.75, 3.05) is 6.54 Å². The predicted molar refractivity (Wildman–Crippen MR) is 79.4 cm³/mol. The molecule has 3 atom stereocenters. The molecule has 102 valence electrons. The fraction of sp³-hybridized carbons (Fsp3) is 0.533. The van der Waals surface area contributed by atoms with Crippen molar-refractivity contribution in [1.82, 2.24) is 10.3 Å². The van der Waals surface area contributed by atoms with Gasteiger partial charge in [-0.1, -0.05) is 18.6 Å². The molecule has 2 aromatic rings. The van der Waals surface area contributed by atoms with E-state index in [2.05, 4.69) is 35.4 Å². The Bertz CT molecular complexity index is 521. The number of benzene rings is 1. The van der Waals surface area contributed by atoms with Gasteiger partial charge in [-0.05, 0) is 37.8 Å². The van der Waals surface area contributed by atoms with Crippen LogP contribution in [0.25, 0.3) is 10.2 Å². The van der Waals surface area contributed by atoms with E-state index in [1.54, 1.807) is 11.3 Å². The molecule has 0 radical (unpaired) electrons. The SMILES string of the molecule is CC(NCC1CCCC1O)c1nc2ccccc2s1. The molecular formula is C15H20N2OS. The van der Waals surface area contributed by atoms with Crippen LogP contribution < -0.4 is 5.32 Å². The Hall–Kier alpha value is -0.970. The van der Waals surface area contributed by atoms with Crippen LogP contribution in [-0.4, -0.2) is 22.7 Å². The number of aromatic nitrogens is 1. The van der Waals surface area contributed by atoms with Crippen molar-refractivity contribution in [3.05, 3.63) is 29.3 Å². The van der Waals surface area contributed by atoms with Gasteiger partial charge in [0.05, 0.1) is 22.4 Å². The maximum Gasteiger partial charge on any atom is 0.111 e. The summed E-state index contributed by atoms with van der Waals surface area (Å²) in [4.78, 5) is 4.67. The number of rotatable bonds is 4. The summed E-state index contributed by atoms with van der Waals surface area (Å²) in [6.45, 7) is 3.04. The van der Waals surface area contributed by atoms with Crippen LogP contribution in [0.3, 0.4) is 0 Å². The third-order valence-electron chi connectivity index (χ3n) is 3.99. The molecule has 1 fully saturated rings. The first-order valence-corrected chi connectivity index (χ1v) is 7.82. The van der Waals surface area contributed by atoms with Crippen LogP contribution in [0, 0.1) is 5.92 Å². The first-order chi connectivity index (χ1) is 9.24. The van der Waals surface area contributed by atoms with Gasteiger partial charge in [0.25, 0.3) is 0 Å². The molecule has 4 heteroatoms. The Morgan fingerprint density at radius 1 is 1.42 bits per heavy atom. The van der Waals surface area contributed by atoms with E-state index >= 15 is 0 Å². The highest BCUT2D eigenvalue weighted by Crippen LogP contribution is 2.28. The minimum absolute atomic E-state index is 0.116. The van der Waals surface area contributed by atoms with E-state index < -0.39 is 0 Å². The highest BCUT2D eigenvalue weighted by Gasteiger charge is 2.25. The molecule has 2 N–H and O–H groups in total. The molecular weight excluding hydrogens is 256 g/mol. The zero-order valence-electron chi connectivity index (χ0n) is 11.2. The van der Waals surface area contributed by atoms with Crippen molar-refractivity contribution in [2.24, 2.45) is 5.92 Å². The molecule has 0 saturated heterocycles. The van der Waals surface area contributed by atoms with E-state index in [1.165, 1.54) is 4.70 Å². The molecule has 0 spiro atoms. The molecule has 1 aromatic heterocycles. The van der Waals surface area contributed by atoms with Crippen molar-refractivity contribution in [1.29, 1.82) is 0 Å². The minimum atomic E-state index is -0.116. The van der Waals surface area contributed by atoms with Crippen molar-refractivity contribution < 1.29 is 5.11 Å². The summed E-state index contributed by atoms with van der Waals surface area (Å²) in [6.07, 6.45) is 3.14. The van der Waals surface area contributed by atoms with E-state index in [-0.39, 0.29) is 12.1 Å². The summed E-state index contributed by atoms with van der Waals surface area (Å²) >= 11 is 1.75. The monoisotopic (exact) mass is 276 g/mol. The molecule has 0 aliphatic heterocycles. The summed E-state index contributed by atoms with van der Waals surface area (Å²) in [5.41, 5.74) is 1.08. The van der Waals surface area contributed by atoms with E-state index in [9.17, 15) is 5.11 Å². The zero-order chi connectivity index (χ0) is 13.2.